The molecule has 0 radical (unpaired) electrons. The summed E-state index contributed by atoms with van der Waals surface area (Å²) in [6.07, 6.45) is 0. The minimum atomic E-state index is -0.457. The van der Waals surface area contributed by atoms with Crippen molar-refractivity contribution in [1.29, 1.82) is 0 Å². The number of rotatable bonds is 6. The second-order valence-corrected chi connectivity index (χ2v) is 20.3. The lowest BCUT2D eigenvalue weighted by Crippen LogP contribution is -2.26. The molecule has 0 N–H and O–H groups in total. The van der Waals surface area contributed by atoms with Gasteiger partial charge in [0.15, 0.2) is 0 Å². The maximum absolute atomic E-state index is 2.49. The third kappa shape index (κ3) is 5.97. The number of anilines is 3. The molecule has 1 heterocycles. The summed E-state index contributed by atoms with van der Waals surface area (Å²) in [5, 5.41) is 10.2. The van der Waals surface area contributed by atoms with Crippen LogP contribution in [-0.2, 0) is 5.41 Å². The molecule has 2 aliphatic carbocycles. The van der Waals surface area contributed by atoms with E-state index in [1.165, 1.54) is 121 Å². The van der Waals surface area contributed by atoms with Crippen molar-refractivity contribution in [3.05, 3.63) is 301 Å². The zero-order valence-corrected chi connectivity index (χ0v) is 41.0. The molecule has 14 aromatic rings. The third-order valence-corrected chi connectivity index (χ3v) is 16.6. The highest BCUT2D eigenvalue weighted by Crippen LogP contribution is 2.63. The van der Waals surface area contributed by atoms with Crippen molar-refractivity contribution in [2.24, 2.45) is 0 Å². The first-order valence-corrected chi connectivity index (χ1v) is 26.1. The Morgan fingerprint density at radius 3 is 1.16 bits per heavy atom. The van der Waals surface area contributed by atoms with E-state index in [1.54, 1.807) is 0 Å². The fraction of sp³-hybridized carbons (Fsp3) is 0.0137. The highest BCUT2D eigenvalue weighted by molar-refractivity contribution is 6.28. The molecule has 1 aromatic heterocycles. The zero-order valence-electron chi connectivity index (χ0n) is 41.0. The molecule has 0 bridgehead atoms. The van der Waals surface area contributed by atoms with E-state index in [4.69, 9.17) is 0 Å². The van der Waals surface area contributed by atoms with E-state index in [0.717, 1.165) is 22.7 Å². The molecule has 2 nitrogen and oxygen atoms in total. The van der Waals surface area contributed by atoms with Gasteiger partial charge in [-0.2, -0.15) is 0 Å². The molecule has 1 spiro atoms. The van der Waals surface area contributed by atoms with E-state index in [-0.39, 0.29) is 0 Å². The Bertz CT molecular complexity index is 4470. The van der Waals surface area contributed by atoms with Gasteiger partial charge in [-0.15, -0.1) is 0 Å². The summed E-state index contributed by atoms with van der Waals surface area (Å²) < 4.78 is 2.38. The Morgan fingerprint density at radius 2 is 0.627 bits per heavy atom. The molecule has 0 saturated heterocycles. The van der Waals surface area contributed by atoms with Gasteiger partial charge in [0.05, 0.1) is 16.4 Å². The summed E-state index contributed by atoms with van der Waals surface area (Å²) in [4.78, 5) is 2.45. The molecule has 0 amide bonds. The number of hydrogen-bond donors (Lipinski definition) is 0. The first-order chi connectivity index (χ1) is 37.2. The van der Waals surface area contributed by atoms with Gasteiger partial charge in [0, 0.05) is 33.5 Å². The Balaban J connectivity index is 0.848. The number of aromatic nitrogens is 1. The van der Waals surface area contributed by atoms with E-state index in [9.17, 15) is 0 Å². The van der Waals surface area contributed by atoms with Gasteiger partial charge in [-0.1, -0.05) is 218 Å². The topological polar surface area (TPSA) is 8.17 Å². The van der Waals surface area contributed by atoms with Crippen LogP contribution in [-0.4, -0.2) is 4.57 Å². The molecule has 0 fully saturated rings. The molecule has 0 saturated carbocycles. The summed E-state index contributed by atoms with van der Waals surface area (Å²) in [6, 6.07) is 104. The maximum Gasteiger partial charge on any atom is 0.0726 e. The van der Waals surface area contributed by atoms with Crippen LogP contribution in [0.15, 0.2) is 279 Å². The molecular weight excluding hydrogens is 905 g/mol. The molecule has 0 atom stereocenters. The van der Waals surface area contributed by atoms with Gasteiger partial charge in [0.1, 0.15) is 0 Å². The number of benzene rings is 13. The Kier molecular flexibility index (Phi) is 8.99. The Hall–Kier alpha value is -9.76. The van der Waals surface area contributed by atoms with Crippen LogP contribution >= 0.6 is 0 Å². The van der Waals surface area contributed by atoms with Crippen molar-refractivity contribution >= 4 is 71.2 Å². The van der Waals surface area contributed by atoms with E-state index in [0.29, 0.717) is 0 Å². The van der Waals surface area contributed by atoms with Crippen LogP contribution in [0.5, 0.6) is 0 Å². The number of nitrogens with zero attached hydrogens (tertiary/aromatic N) is 2. The average Bonchev–Trinajstić information content (AvgIpc) is 4.11. The van der Waals surface area contributed by atoms with Crippen molar-refractivity contribution in [2.75, 3.05) is 4.90 Å². The summed E-state index contributed by atoms with van der Waals surface area (Å²) in [7, 11) is 0. The van der Waals surface area contributed by atoms with Crippen LogP contribution in [0, 0.1) is 0 Å². The van der Waals surface area contributed by atoms with Gasteiger partial charge >= 0.3 is 0 Å². The fourth-order valence-corrected chi connectivity index (χ4v) is 13.5. The van der Waals surface area contributed by atoms with Crippen molar-refractivity contribution < 1.29 is 0 Å². The van der Waals surface area contributed by atoms with Gasteiger partial charge in [-0.3, -0.25) is 0 Å². The van der Waals surface area contributed by atoms with Crippen LogP contribution in [0.25, 0.3) is 104 Å². The van der Waals surface area contributed by atoms with E-state index >= 15 is 0 Å². The average molecular weight is 951 g/mol. The van der Waals surface area contributed by atoms with Crippen molar-refractivity contribution in [3.8, 4) is 50.2 Å². The first-order valence-electron chi connectivity index (χ1n) is 26.1. The van der Waals surface area contributed by atoms with Gasteiger partial charge in [0.25, 0.3) is 0 Å². The molecule has 0 aliphatic heterocycles. The van der Waals surface area contributed by atoms with E-state index in [1.807, 2.05) is 0 Å². The van der Waals surface area contributed by atoms with Gasteiger partial charge in [0.2, 0.25) is 0 Å². The molecule has 348 valence electrons. The maximum atomic E-state index is 2.49. The second kappa shape index (κ2) is 16.1. The SMILES string of the molecule is c1ccc2c(c1)-c1ccccc1C21c2ccccc2-c2ccc(N(c3ccc(-c4ccc(-n5c6ccccc6c6ccccc65)cc4)cc3)c3ccc(-c4cccc5c6ccccc6c6ccccc6c45)cc3)cc21. The summed E-state index contributed by atoms with van der Waals surface area (Å²) >= 11 is 0. The molecule has 16 rings (SSSR count). The highest BCUT2D eigenvalue weighted by Gasteiger charge is 2.51. The number of fused-ring (bicyclic) bond motifs is 19. The van der Waals surface area contributed by atoms with Gasteiger partial charge in [-0.25, -0.2) is 0 Å². The lowest BCUT2D eigenvalue weighted by Gasteiger charge is -2.32. The highest BCUT2D eigenvalue weighted by atomic mass is 15.1. The predicted molar refractivity (Wildman–Crippen MR) is 315 cm³/mol. The zero-order chi connectivity index (χ0) is 49.2. The van der Waals surface area contributed by atoms with Crippen molar-refractivity contribution in [3.63, 3.8) is 0 Å². The summed E-state index contributed by atoms with van der Waals surface area (Å²) in [5.74, 6) is 0. The third-order valence-electron chi connectivity index (χ3n) is 16.6. The quantitative estimate of drug-likeness (QED) is 0.151. The minimum absolute atomic E-state index is 0.457. The van der Waals surface area contributed by atoms with E-state index in [2.05, 4.69) is 289 Å². The van der Waals surface area contributed by atoms with Crippen molar-refractivity contribution in [1.82, 2.24) is 4.57 Å². The van der Waals surface area contributed by atoms with Crippen LogP contribution in [0.2, 0.25) is 0 Å². The van der Waals surface area contributed by atoms with Gasteiger partial charge < -0.3 is 9.47 Å². The van der Waals surface area contributed by atoms with E-state index < -0.39 is 5.41 Å². The fourth-order valence-electron chi connectivity index (χ4n) is 13.5. The second-order valence-electron chi connectivity index (χ2n) is 20.3. The first kappa shape index (κ1) is 41.8. The molecule has 75 heavy (non-hydrogen) atoms. The van der Waals surface area contributed by atoms with Gasteiger partial charge in [-0.05, 0) is 160 Å². The number of para-hydroxylation sites is 2. The molecular formula is C73H46N2. The lowest BCUT2D eigenvalue weighted by atomic mass is 9.70. The van der Waals surface area contributed by atoms with Crippen molar-refractivity contribution in [2.45, 2.75) is 5.41 Å². The molecule has 0 unspecified atom stereocenters. The normalized spacial score (nSPS) is 12.9. The van der Waals surface area contributed by atoms with Crippen LogP contribution < -0.4 is 4.90 Å². The summed E-state index contributed by atoms with van der Waals surface area (Å²) in [6.45, 7) is 0. The lowest BCUT2D eigenvalue weighted by molar-refractivity contribution is 0.793. The Morgan fingerprint density at radius 1 is 0.253 bits per heavy atom. The minimum Gasteiger partial charge on any atom is -0.310 e. The smallest absolute Gasteiger partial charge is 0.0726 e. The number of hydrogen-bond acceptors (Lipinski definition) is 1. The van der Waals surface area contributed by atoms with Crippen LogP contribution in [0.3, 0.4) is 0 Å². The monoisotopic (exact) mass is 950 g/mol. The molecule has 13 aromatic carbocycles. The van der Waals surface area contributed by atoms with Crippen LogP contribution in [0.1, 0.15) is 22.3 Å². The summed E-state index contributed by atoms with van der Waals surface area (Å²) in [5.41, 5.74) is 21.7. The standard InChI is InChI=1S/C73H46N2/c1-2-17-57-55(16-1)56-18-3-4-24-64(56)72-54(25-15-26-65(57)72)49-36-42-51(43-37-49)74(50-38-32-47(33-39-50)48-34-40-52(41-35-48)75-70-30-13-8-22-62(70)63-23-9-14-31-71(63)75)53-44-45-61-60-21-7-12-29-68(60)73(69(61)46-53)66-27-10-5-19-58(66)59-20-6-11-28-67(59)73/h1-46H. The predicted octanol–water partition coefficient (Wildman–Crippen LogP) is 19.4. The molecule has 2 heteroatoms. The molecule has 2 aliphatic rings. The van der Waals surface area contributed by atoms with Crippen LogP contribution in [0.4, 0.5) is 17.1 Å². The largest absolute Gasteiger partial charge is 0.310 e. The Labute approximate surface area is 435 Å².